The molecule has 0 spiro atoms. The van der Waals surface area contributed by atoms with Crippen LogP contribution in [-0.2, 0) is 6.54 Å². The predicted octanol–water partition coefficient (Wildman–Crippen LogP) is 4.42. The topological polar surface area (TPSA) is 65.4 Å². The van der Waals surface area contributed by atoms with Crippen molar-refractivity contribution in [1.29, 1.82) is 5.26 Å². The highest BCUT2D eigenvalue weighted by molar-refractivity contribution is 5.97. The Morgan fingerprint density at radius 1 is 1.00 bits per heavy atom. The standard InChI is InChI=1S/C23H19N3O2/c24-15-18-10-11-20-22(14-18)28-21-9-5-4-8-19(21)23(27)26(13-12-25-20)16-17-6-2-1-3-7-17/h1-11,14,25H,12-13,16H2. The number of hydrogen-bond donors (Lipinski definition) is 1. The number of para-hydroxylation sites is 1. The summed E-state index contributed by atoms with van der Waals surface area (Å²) >= 11 is 0. The monoisotopic (exact) mass is 369 g/mol. The lowest BCUT2D eigenvalue weighted by atomic mass is 10.1. The van der Waals surface area contributed by atoms with Crippen molar-refractivity contribution in [1.82, 2.24) is 4.90 Å². The number of rotatable bonds is 2. The Bertz CT molecular complexity index is 1040. The summed E-state index contributed by atoms with van der Waals surface area (Å²) in [6.45, 7) is 1.64. The largest absolute Gasteiger partial charge is 0.454 e. The first-order valence-electron chi connectivity index (χ1n) is 9.13. The molecule has 0 saturated carbocycles. The molecule has 0 atom stereocenters. The summed E-state index contributed by atoms with van der Waals surface area (Å²) in [6.07, 6.45) is 0. The number of fused-ring (bicyclic) bond motifs is 2. The van der Waals surface area contributed by atoms with E-state index in [-0.39, 0.29) is 5.91 Å². The van der Waals surface area contributed by atoms with Crippen LogP contribution >= 0.6 is 0 Å². The van der Waals surface area contributed by atoms with Gasteiger partial charge in [-0.2, -0.15) is 5.26 Å². The molecule has 0 radical (unpaired) electrons. The van der Waals surface area contributed by atoms with Crippen molar-refractivity contribution in [3.05, 3.63) is 89.5 Å². The summed E-state index contributed by atoms with van der Waals surface area (Å²) in [7, 11) is 0. The number of amides is 1. The van der Waals surface area contributed by atoms with Gasteiger partial charge in [0.25, 0.3) is 5.91 Å². The summed E-state index contributed by atoms with van der Waals surface area (Å²) < 4.78 is 6.07. The molecule has 0 bridgehead atoms. The lowest BCUT2D eigenvalue weighted by Gasteiger charge is -2.26. The normalized spacial score (nSPS) is 13.4. The summed E-state index contributed by atoms with van der Waals surface area (Å²) in [5.41, 5.74) is 2.88. The minimum Gasteiger partial charge on any atom is -0.454 e. The Labute approximate surface area is 163 Å². The second-order valence-electron chi connectivity index (χ2n) is 6.56. The third-order valence-electron chi connectivity index (χ3n) is 4.65. The summed E-state index contributed by atoms with van der Waals surface area (Å²) in [5, 5.41) is 12.5. The van der Waals surface area contributed by atoms with Crippen molar-refractivity contribution in [3.63, 3.8) is 0 Å². The summed E-state index contributed by atoms with van der Waals surface area (Å²) in [5.74, 6) is 0.933. The van der Waals surface area contributed by atoms with E-state index >= 15 is 0 Å². The van der Waals surface area contributed by atoms with Gasteiger partial charge in [-0.3, -0.25) is 4.79 Å². The van der Waals surface area contributed by atoms with Crippen molar-refractivity contribution in [3.8, 4) is 17.6 Å². The molecule has 0 aromatic heterocycles. The first kappa shape index (κ1) is 17.6. The highest BCUT2D eigenvalue weighted by Gasteiger charge is 2.22. The zero-order valence-corrected chi connectivity index (χ0v) is 15.3. The van der Waals surface area contributed by atoms with E-state index in [4.69, 9.17) is 4.74 Å². The van der Waals surface area contributed by atoms with E-state index < -0.39 is 0 Å². The minimum absolute atomic E-state index is 0.0823. The number of carbonyl (C=O) groups excluding carboxylic acids is 1. The van der Waals surface area contributed by atoms with Crippen LogP contribution in [0.25, 0.3) is 0 Å². The van der Waals surface area contributed by atoms with Gasteiger partial charge in [0.2, 0.25) is 0 Å². The SMILES string of the molecule is N#Cc1ccc2c(c1)Oc1ccccc1C(=O)N(Cc1ccccc1)CCN2. The van der Waals surface area contributed by atoms with E-state index in [0.29, 0.717) is 42.3 Å². The van der Waals surface area contributed by atoms with Crippen LogP contribution in [0.2, 0.25) is 0 Å². The van der Waals surface area contributed by atoms with Crippen LogP contribution in [-0.4, -0.2) is 23.9 Å². The van der Waals surface area contributed by atoms with Crippen LogP contribution in [0.15, 0.2) is 72.8 Å². The number of nitrogens with zero attached hydrogens (tertiary/aromatic N) is 2. The van der Waals surface area contributed by atoms with Gasteiger partial charge in [-0.15, -0.1) is 0 Å². The molecular formula is C23H19N3O2. The Morgan fingerprint density at radius 3 is 2.61 bits per heavy atom. The lowest BCUT2D eigenvalue weighted by molar-refractivity contribution is 0.0747. The molecule has 1 aliphatic heterocycles. The molecule has 5 nitrogen and oxygen atoms in total. The molecule has 0 aliphatic carbocycles. The Hall–Kier alpha value is -3.78. The first-order chi connectivity index (χ1) is 13.7. The predicted molar refractivity (Wildman–Crippen MR) is 107 cm³/mol. The molecule has 1 heterocycles. The fraction of sp³-hybridized carbons (Fsp3) is 0.130. The number of carbonyl (C=O) groups is 1. The summed E-state index contributed by atoms with van der Waals surface area (Å²) in [6, 6.07) is 24.6. The van der Waals surface area contributed by atoms with Crippen molar-refractivity contribution >= 4 is 11.6 Å². The van der Waals surface area contributed by atoms with Crippen LogP contribution in [0.5, 0.6) is 11.5 Å². The molecule has 28 heavy (non-hydrogen) atoms. The molecule has 1 aliphatic rings. The second kappa shape index (κ2) is 7.85. The second-order valence-corrected chi connectivity index (χ2v) is 6.56. The average Bonchev–Trinajstić information content (AvgIpc) is 2.74. The van der Waals surface area contributed by atoms with Gasteiger partial charge < -0.3 is 15.0 Å². The van der Waals surface area contributed by atoms with E-state index in [9.17, 15) is 10.1 Å². The number of anilines is 1. The maximum Gasteiger partial charge on any atom is 0.258 e. The van der Waals surface area contributed by atoms with Gasteiger partial charge in [0, 0.05) is 25.7 Å². The Balaban J connectivity index is 1.72. The highest BCUT2D eigenvalue weighted by atomic mass is 16.5. The van der Waals surface area contributed by atoms with Crippen LogP contribution < -0.4 is 10.1 Å². The maximum atomic E-state index is 13.3. The first-order valence-corrected chi connectivity index (χ1v) is 9.13. The average molecular weight is 369 g/mol. The lowest BCUT2D eigenvalue weighted by Crippen LogP contribution is -2.35. The van der Waals surface area contributed by atoms with Gasteiger partial charge in [-0.1, -0.05) is 42.5 Å². The number of ether oxygens (including phenoxy) is 1. The third-order valence-corrected chi connectivity index (χ3v) is 4.65. The van der Waals surface area contributed by atoms with Crippen LogP contribution in [0.4, 0.5) is 5.69 Å². The molecule has 3 aromatic carbocycles. The van der Waals surface area contributed by atoms with E-state index in [1.165, 1.54) is 0 Å². The Kier molecular flexibility index (Phi) is 4.94. The van der Waals surface area contributed by atoms with Gasteiger partial charge in [0.15, 0.2) is 5.75 Å². The van der Waals surface area contributed by atoms with Gasteiger partial charge in [0.1, 0.15) is 5.75 Å². The number of hydrogen-bond acceptors (Lipinski definition) is 4. The van der Waals surface area contributed by atoms with Gasteiger partial charge in [-0.25, -0.2) is 0 Å². The summed E-state index contributed by atoms with van der Waals surface area (Å²) in [4.78, 5) is 15.1. The molecular weight excluding hydrogens is 350 g/mol. The molecule has 0 fully saturated rings. The fourth-order valence-corrected chi connectivity index (χ4v) is 3.23. The third kappa shape index (κ3) is 3.67. The highest BCUT2D eigenvalue weighted by Crippen LogP contribution is 2.33. The molecule has 1 amide bonds. The molecule has 0 unspecified atom stereocenters. The number of benzene rings is 3. The smallest absolute Gasteiger partial charge is 0.258 e. The van der Waals surface area contributed by atoms with Crippen LogP contribution in [0.1, 0.15) is 21.5 Å². The molecule has 3 aromatic rings. The number of nitriles is 1. The van der Waals surface area contributed by atoms with Gasteiger partial charge in [-0.05, 0) is 29.8 Å². The Morgan fingerprint density at radius 2 is 1.79 bits per heavy atom. The van der Waals surface area contributed by atoms with Gasteiger partial charge >= 0.3 is 0 Å². The fourth-order valence-electron chi connectivity index (χ4n) is 3.23. The minimum atomic E-state index is -0.0823. The van der Waals surface area contributed by atoms with Crippen molar-refractivity contribution in [2.24, 2.45) is 0 Å². The van der Waals surface area contributed by atoms with Crippen molar-refractivity contribution < 1.29 is 9.53 Å². The molecule has 4 rings (SSSR count). The van der Waals surface area contributed by atoms with E-state index in [0.717, 1.165) is 11.3 Å². The van der Waals surface area contributed by atoms with Crippen LogP contribution in [0.3, 0.4) is 0 Å². The molecule has 5 heteroatoms. The van der Waals surface area contributed by atoms with Crippen molar-refractivity contribution in [2.45, 2.75) is 6.54 Å². The number of nitrogens with one attached hydrogen (secondary N) is 1. The van der Waals surface area contributed by atoms with E-state index in [1.807, 2.05) is 53.4 Å². The quantitative estimate of drug-likeness (QED) is 0.726. The van der Waals surface area contributed by atoms with Gasteiger partial charge in [0.05, 0.1) is 22.9 Å². The molecule has 1 N–H and O–H groups in total. The van der Waals surface area contributed by atoms with Crippen LogP contribution in [0, 0.1) is 11.3 Å². The molecule has 0 saturated heterocycles. The zero-order chi connectivity index (χ0) is 19.3. The zero-order valence-electron chi connectivity index (χ0n) is 15.3. The molecule has 138 valence electrons. The van der Waals surface area contributed by atoms with E-state index in [1.54, 1.807) is 24.3 Å². The van der Waals surface area contributed by atoms with Crippen molar-refractivity contribution in [2.75, 3.05) is 18.4 Å². The maximum absolute atomic E-state index is 13.3. The van der Waals surface area contributed by atoms with E-state index in [2.05, 4.69) is 11.4 Å².